The van der Waals surface area contributed by atoms with Crippen LogP contribution in [0.2, 0.25) is 0 Å². The molecule has 12 heavy (non-hydrogen) atoms. The summed E-state index contributed by atoms with van der Waals surface area (Å²) in [7, 11) is 0. The van der Waals surface area contributed by atoms with Crippen LogP contribution in [0.1, 0.15) is 10.4 Å². The molecule has 0 bridgehead atoms. The van der Waals surface area contributed by atoms with E-state index in [1.54, 1.807) is 12.4 Å². The number of hydrogen-bond acceptors (Lipinski definition) is 3. The number of rotatable bonds is 2. The van der Waals surface area contributed by atoms with Crippen LogP contribution in [0.25, 0.3) is 0 Å². The van der Waals surface area contributed by atoms with Gasteiger partial charge in [-0.1, -0.05) is 0 Å². The third kappa shape index (κ3) is 1.68. The minimum Gasteiger partial charge on any atom is -0.265 e. The van der Waals surface area contributed by atoms with Crippen LogP contribution in [-0.4, -0.2) is 9.97 Å². The molecule has 58 valence electrons. The van der Waals surface area contributed by atoms with E-state index in [0.717, 1.165) is 11.3 Å². The SMILES string of the molecule is [c]1n[c]c(Cc2ccncc2)s1. The second-order valence-electron chi connectivity index (χ2n) is 2.37. The molecule has 0 aliphatic rings. The fourth-order valence-corrected chi connectivity index (χ4v) is 1.48. The van der Waals surface area contributed by atoms with Gasteiger partial charge in [0, 0.05) is 23.7 Å². The molecule has 0 N–H and O–H groups in total. The van der Waals surface area contributed by atoms with Crippen molar-refractivity contribution in [2.24, 2.45) is 0 Å². The van der Waals surface area contributed by atoms with Crippen LogP contribution in [0.15, 0.2) is 24.5 Å². The second-order valence-corrected chi connectivity index (χ2v) is 3.25. The summed E-state index contributed by atoms with van der Waals surface area (Å²) >= 11 is 1.51. The van der Waals surface area contributed by atoms with E-state index in [1.165, 1.54) is 16.9 Å². The Morgan fingerprint density at radius 2 is 2.17 bits per heavy atom. The van der Waals surface area contributed by atoms with Crippen LogP contribution in [0.3, 0.4) is 0 Å². The molecular weight excluding hydrogens is 168 g/mol. The quantitative estimate of drug-likeness (QED) is 0.693. The molecule has 2 aromatic heterocycles. The summed E-state index contributed by atoms with van der Waals surface area (Å²) in [6, 6.07) is 3.99. The van der Waals surface area contributed by atoms with Crippen LogP contribution in [0, 0.1) is 11.7 Å². The number of aromatic nitrogens is 2. The topological polar surface area (TPSA) is 25.8 Å². The Morgan fingerprint density at radius 1 is 1.33 bits per heavy atom. The Bertz CT molecular complexity index is 329. The minimum absolute atomic E-state index is 0.879. The van der Waals surface area contributed by atoms with Crippen molar-refractivity contribution in [2.45, 2.75) is 6.42 Å². The summed E-state index contributed by atoms with van der Waals surface area (Å²) < 4.78 is 0. The summed E-state index contributed by atoms with van der Waals surface area (Å²) in [5, 5.41) is 0. The van der Waals surface area contributed by atoms with Gasteiger partial charge in [-0.05, 0) is 17.7 Å². The number of pyridine rings is 1. The summed E-state index contributed by atoms with van der Waals surface area (Å²) in [4.78, 5) is 8.83. The predicted molar refractivity (Wildman–Crippen MR) is 46.8 cm³/mol. The fraction of sp³-hybridized carbons (Fsp3) is 0.111. The average molecular weight is 174 g/mol. The van der Waals surface area contributed by atoms with Crippen molar-refractivity contribution in [2.75, 3.05) is 0 Å². The summed E-state index contributed by atoms with van der Waals surface area (Å²) in [5.74, 6) is 0. The maximum atomic E-state index is 3.94. The minimum atomic E-state index is 0.879. The van der Waals surface area contributed by atoms with E-state index >= 15 is 0 Å². The smallest absolute Gasteiger partial charge is 0.153 e. The van der Waals surface area contributed by atoms with Crippen LogP contribution in [0.5, 0.6) is 0 Å². The molecule has 0 fully saturated rings. The second kappa shape index (κ2) is 3.45. The Hall–Kier alpha value is -1.22. The molecule has 0 saturated carbocycles. The molecule has 0 spiro atoms. The normalized spacial score (nSPS) is 10.0. The van der Waals surface area contributed by atoms with Crippen molar-refractivity contribution in [3.8, 4) is 0 Å². The lowest BCUT2D eigenvalue weighted by Crippen LogP contribution is -1.83. The molecule has 3 heteroatoms. The van der Waals surface area contributed by atoms with Gasteiger partial charge in [0.1, 0.15) is 6.20 Å². The Balaban J connectivity index is 2.15. The molecular formula is C9H6N2S. The van der Waals surface area contributed by atoms with E-state index in [4.69, 9.17) is 0 Å². The van der Waals surface area contributed by atoms with Gasteiger partial charge in [-0.2, -0.15) is 0 Å². The fourth-order valence-electron chi connectivity index (χ4n) is 0.948. The first-order chi connectivity index (χ1) is 5.95. The van der Waals surface area contributed by atoms with E-state index in [9.17, 15) is 0 Å². The molecule has 0 amide bonds. The van der Waals surface area contributed by atoms with Crippen LogP contribution >= 0.6 is 11.3 Å². The highest BCUT2D eigenvalue weighted by molar-refractivity contribution is 7.09. The third-order valence-corrected chi connectivity index (χ3v) is 2.17. The van der Waals surface area contributed by atoms with Crippen LogP contribution in [0.4, 0.5) is 0 Å². The summed E-state index contributed by atoms with van der Waals surface area (Å²) in [6.07, 6.45) is 7.34. The summed E-state index contributed by atoms with van der Waals surface area (Å²) in [6.45, 7) is 0. The molecule has 2 rings (SSSR count). The van der Waals surface area contributed by atoms with Gasteiger partial charge in [0.2, 0.25) is 0 Å². The van der Waals surface area contributed by atoms with Crippen molar-refractivity contribution < 1.29 is 0 Å². The Labute approximate surface area is 74.9 Å². The van der Waals surface area contributed by atoms with E-state index in [-0.39, 0.29) is 0 Å². The van der Waals surface area contributed by atoms with E-state index < -0.39 is 0 Å². The van der Waals surface area contributed by atoms with E-state index in [1.807, 2.05) is 12.1 Å². The molecule has 0 aliphatic heterocycles. The Morgan fingerprint density at radius 3 is 2.83 bits per heavy atom. The summed E-state index contributed by atoms with van der Waals surface area (Å²) in [5.41, 5.74) is 4.01. The molecule has 0 aliphatic carbocycles. The zero-order chi connectivity index (χ0) is 8.23. The van der Waals surface area contributed by atoms with Crippen molar-refractivity contribution in [1.82, 2.24) is 9.97 Å². The maximum Gasteiger partial charge on any atom is 0.153 e. The zero-order valence-corrected chi connectivity index (χ0v) is 7.14. The lowest BCUT2D eigenvalue weighted by Gasteiger charge is -1.94. The van der Waals surface area contributed by atoms with Gasteiger partial charge in [0.15, 0.2) is 5.51 Å². The average Bonchev–Trinajstić information content (AvgIpc) is 2.59. The molecule has 0 saturated heterocycles. The van der Waals surface area contributed by atoms with Gasteiger partial charge in [-0.3, -0.25) is 4.98 Å². The lowest BCUT2D eigenvalue weighted by atomic mass is 10.2. The van der Waals surface area contributed by atoms with Gasteiger partial charge in [-0.15, -0.1) is 11.3 Å². The molecule has 2 heterocycles. The highest BCUT2D eigenvalue weighted by atomic mass is 32.1. The highest BCUT2D eigenvalue weighted by Gasteiger charge is 1.96. The van der Waals surface area contributed by atoms with Crippen LogP contribution in [-0.2, 0) is 6.42 Å². The molecule has 0 unspecified atom stereocenters. The molecule has 0 atom stereocenters. The molecule has 2 nitrogen and oxygen atoms in total. The van der Waals surface area contributed by atoms with Gasteiger partial charge >= 0.3 is 0 Å². The first-order valence-corrected chi connectivity index (χ1v) is 4.39. The molecule has 2 aromatic rings. The van der Waals surface area contributed by atoms with Crippen molar-refractivity contribution in [3.63, 3.8) is 0 Å². The van der Waals surface area contributed by atoms with Gasteiger partial charge in [0.25, 0.3) is 0 Å². The number of nitrogens with zero attached hydrogens (tertiary/aromatic N) is 2. The maximum absolute atomic E-state index is 3.94. The lowest BCUT2D eigenvalue weighted by molar-refractivity contribution is 1.18. The predicted octanol–water partition coefficient (Wildman–Crippen LogP) is 1.73. The highest BCUT2D eigenvalue weighted by Crippen LogP contribution is 2.10. The van der Waals surface area contributed by atoms with Crippen molar-refractivity contribution in [1.29, 1.82) is 0 Å². The third-order valence-electron chi connectivity index (χ3n) is 1.51. The first-order valence-electron chi connectivity index (χ1n) is 3.57. The molecule has 2 radical (unpaired) electrons. The van der Waals surface area contributed by atoms with E-state index in [0.29, 0.717) is 0 Å². The van der Waals surface area contributed by atoms with Crippen molar-refractivity contribution >= 4 is 11.3 Å². The van der Waals surface area contributed by atoms with Gasteiger partial charge in [0.05, 0.1) is 0 Å². The van der Waals surface area contributed by atoms with Gasteiger partial charge in [-0.25, -0.2) is 4.98 Å². The molecule has 0 aromatic carbocycles. The van der Waals surface area contributed by atoms with E-state index in [2.05, 4.69) is 21.7 Å². The van der Waals surface area contributed by atoms with Crippen LogP contribution < -0.4 is 0 Å². The largest absolute Gasteiger partial charge is 0.265 e. The Kier molecular flexibility index (Phi) is 2.14. The van der Waals surface area contributed by atoms with Gasteiger partial charge < -0.3 is 0 Å². The number of hydrogen-bond donors (Lipinski definition) is 0. The zero-order valence-electron chi connectivity index (χ0n) is 6.32. The first kappa shape index (κ1) is 7.43. The monoisotopic (exact) mass is 174 g/mol. The van der Waals surface area contributed by atoms with Crippen molar-refractivity contribution in [3.05, 3.63) is 46.7 Å². The standard InChI is InChI=1S/C9H6N2S/c1-3-10-4-2-8(1)5-9-6-11-7-12-9/h1-4H,5H2. The number of thiazole rings is 1.